The van der Waals surface area contributed by atoms with Crippen LogP contribution in [0.3, 0.4) is 0 Å². The predicted molar refractivity (Wildman–Crippen MR) is 44.8 cm³/mol. The highest BCUT2D eigenvalue weighted by Gasteiger charge is 2.27. The van der Waals surface area contributed by atoms with Crippen molar-refractivity contribution in [1.82, 2.24) is 10.6 Å². The fourth-order valence-electron chi connectivity index (χ4n) is 1.18. The quantitative estimate of drug-likeness (QED) is 0.730. The third kappa shape index (κ3) is 4.34. The number of hydrogen-bond acceptors (Lipinski definition) is 1. The summed E-state index contributed by atoms with van der Waals surface area (Å²) in [6.45, 7) is -0.798. The average Bonchev–Trinajstić information content (AvgIpc) is 1.96. The Morgan fingerprint density at radius 2 is 1.93 bits per heavy atom. The minimum absolute atomic E-state index is 0.451. The first-order valence-corrected chi connectivity index (χ1v) is 4.56. The maximum Gasteiger partial charge on any atom is 0.405 e. The van der Waals surface area contributed by atoms with Crippen LogP contribution in [0, 0.1) is 5.92 Å². The van der Waals surface area contributed by atoms with Crippen molar-refractivity contribution in [2.45, 2.75) is 25.4 Å². The Morgan fingerprint density at radius 3 is 2.36 bits per heavy atom. The van der Waals surface area contributed by atoms with Gasteiger partial charge in [0, 0.05) is 6.54 Å². The van der Waals surface area contributed by atoms with Crippen LogP contribution in [-0.2, 0) is 0 Å². The highest BCUT2D eigenvalue weighted by atomic mass is 19.4. The van der Waals surface area contributed by atoms with E-state index in [0.717, 1.165) is 19.3 Å². The first kappa shape index (κ1) is 11.1. The fraction of sp³-hybridized carbons (Fsp3) is 0.875. The number of hydrogen-bond donors (Lipinski definition) is 2. The molecule has 0 unspecified atom stereocenters. The van der Waals surface area contributed by atoms with Crippen molar-refractivity contribution in [3.05, 3.63) is 0 Å². The molecule has 0 bridgehead atoms. The van der Waals surface area contributed by atoms with E-state index in [1.165, 1.54) is 0 Å². The summed E-state index contributed by atoms with van der Waals surface area (Å²) in [5, 5.41) is 4.16. The van der Waals surface area contributed by atoms with Gasteiger partial charge in [-0.05, 0) is 18.8 Å². The number of urea groups is 1. The monoisotopic (exact) mass is 210 g/mol. The van der Waals surface area contributed by atoms with E-state index in [0.29, 0.717) is 12.5 Å². The summed E-state index contributed by atoms with van der Waals surface area (Å²) in [7, 11) is 0. The highest BCUT2D eigenvalue weighted by Crippen LogP contribution is 2.25. The molecule has 3 nitrogen and oxygen atoms in total. The van der Waals surface area contributed by atoms with E-state index in [2.05, 4.69) is 5.32 Å². The molecular formula is C8H13F3N2O. The van der Waals surface area contributed by atoms with Crippen LogP contribution in [0.1, 0.15) is 19.3 Å². The van der Waals surface area contributed by atoms with Crippen LogP contribution in [0.25, 0.3) is 0 Å². The van der Waals surface area contributed by atoms with Crippen LogP contribution in [0.15, 0.2) is 0 Å². The zero-order valence-corrected chi connectivity index (χ0v) is 7.66. The summed E-state index contributed by atoms with van der Waals surface area (Å²) in [5.74, 6) is 0.451. The van der Waals surface area contributed by atoms with Crippen LogP contribution in [-0.4, -0.2) is 25.3 Å². The number of alkyl halides is 3. The molecule has 0 aromatic carbocycles. The summed E-state index contributed by atoms with van der Waals surface area (Å²) in [5.41, 5.74) is 0. The SMILES string of the molecule is O=C(NCC1CCC1)NCC(F)(F)F. The first-order valence-electron chi connectivity index (χ1n) is 4.56. The Balaban J connectivity index is 2.03. The lowest BCUT2D eigenvalue weighted by Crippen LogP contribution is -2.43. The van der Waals surface area contributed by atoms with Gasteiger partial charge in [0.2, 0.25) is 0 Å². The van der Waals surface area contributed by atoms with Gasteiger partial charge in [0.25, 0.3) is 0 Å². The molecule has 6 heteroatoms. The third-order valence-electron chi connectivity index (χ3n) is 2.23. The van der Waals surface area contributed by atoms with Crippen LogP contribution < -0.4 is 10.6 Å². The number of carbonyl (C=O) groups excluding carboxylic acids is 1. The van der Waals surface area contributed by atoms with Gasteiger partial charge in [0.15, 0.2) is 0 Å². The molecule has 0 heterocycles. The van der Waals surface area contributed by atoms with Gasteiger partial charge in [0.1, 0.15) is 6.54 Å². The van der Waals surface area contributed by atoms with E-state index in [4.69, 9.17) is 0 Å². The minimum atomic E-state index is -4.34. The molecule has 0 atom stereocenters. The summed E-state index contributed by atoms with van der Waals surface area (Å²) >= 11 is 0. The topological polar surface area (TPSA) is 41.1 Å². The van der Waals surface area contributed by atoms with Crippen LogP contribution >= 0.6 is 0 Å². The van der Waals surface area contributed by atoms with Crippen molar-refractivity contribution in [2.24, 2.45) is 5.92 Å². The van der Waals surface area contributed by atoms with Crippen LogP contribution in [0.4, 0.5) is 18.0 Å². The largest absolute Gasteiger partial charge is 0.405 e. The molecule has 0 aromatic rings. The van der Waals surface area contributed by atoms with Crippen LogP contribution in [0.2, 0.25) is 0 Å². The maximum absolute atomic E-state index is 11.6. The Kier molecular flexibility index (Phi) is 3.60. The van der Waals surface area contributed by atoms with Gasteiger partial charge in [-0.25, -0.2) is 4.79 Å². The fourth-order valence-corrected chi connectivity index (χ4v) is 1.18. The maximum atomic E-state index is 11.6. The molecule has 2 N–H and O–H groups in total. The van der Waals surface area contributed by atoms with Crippen molar-refractivity contribution >= 4 is 6.03 Å². The normalized spacial score (nSPS) is 17.4. The lowest BCUT2D eigenvalue weighted by molar-refractivity contribution is -0.122. The van der Waals surface area contributed by atoms with E-state index in [9.17, 15) is 18.0 Å². The van der Waals surface area contributed by atoms with Crippen molar-refractivity contribution in [3.63, 3.8) is 0 Å². The lowest BCUT2D eigenvalue weighted by Gasteiger charge is -2.25. The molecule has 0 radical (unpaired) electrons. The summed E-state index contributed by atoms with van der Waals surface area (Å²) in [4.78, 5) is 10.8. The van der Waals surface area contributed by atoms with E-state index >= 15 is 0 Å². The standard InChI is InChI=1S/C8H13F3N2O/c9-8(10,11)5-13-7(14)12-4-6-2-1-3-6/h6H,1-5H2,(H2,12,13,14). The predicted octanol–water partition coefficient (Wildman–Crippen LogP) is 1.65. The molecule has 0 saturated heterocycles. The Labute approximate surface area is 80.0 Å². The Morgan fingerprint density at radius 1 is 1.29 bits per heavy atom. The molecule has 1 rings (SSSR count). The molecule has 1 aliphatic rings. The lowest BCUT2D eigenvalue weighted by atomic mass is 9.85. The summed E-state index contributed by atoms with van der Waals surface area (Å²) < 4.78 is 34.9. The second kappa shape index (κ2) is 4.52. The van der Waals surface area contributed by atoms with Crippen molar-refractivity contribution in [3.8, 4) is 0 Å². The molecule has 0 spiro atoms. The zero-order chi connectivity index (χ0) is 10.6. The van der Waals surface area contributed by atoms with Gasteiger partial charge in [-0.1, -0.05) is 6.42 Å². The molecule has 1 saturated carbocycles. The minimum Gasteiger partial charge on any atom is -0.338 e. The molecule has 14 heavy (non-hydrogen) atoms. The van der Waals surface area contributed by atoms with Gasteiger partial charge in [-0.2, -0.15) is 13.2 Å². The van der Waals surface area contributed by atoms with Gasteiger partial charge >= 0.3 is 12.2 Å². The van der Waals surface area contributed by atoms with E-state index < -0.39 is 18.8 Å². The number of amides is 2. The Bertz CT molecular complexity index is 201. The average molecular weight is 210 g/mol. The van der Waals surface area contributed by atoms with Crippen LogP contribution in [0.5, 0.6) is 0 Å². The molecule has 0 aliphatic heterocycles. The number of carbonyl (C=O) groups is 1. The van der Waals surface area contributed by atoms with Gasteiger partial charge < -0.3 is 10.6 Å². The molecule has 1 fully saturated rings. The zero-order valence-electron chi connectivity index (χ0n) is 7.66. The second-order valence-corrected chi connectivity index (χ2v) is 3.48. The smallest absolute Gasteiger partial charge is 0.338 e. The second-order valence-electron chi connectivity index (χ2n) is 3.48. The highest BCUT2D eigenvalue weighted by molar-refractivity contribution is 5.73. The molecule has 82 valence electrons. The summed E-state index contributed by atoms with van der Waals surface area (Å²) in [6.07, 6.45) is -1.08. The van der Waals surface area contributed by atoms with Gasteiger partial charge in [-0.15, -0.1) is 0 Å². The third-order valence-corrected chi connectivity index (χ3v) is 2.23. The summed E-state index contributed by atoms with van der Waals surface area (Å²) in [6, 6.07) is -0.741. The Hall–Kier alpha value is -0.940. The molecule has 2 amide bonds. The first-order chi connectivity index (χ1) is 6.47. The number of nitrogens with one attached hydrogen (secondary N) is 2. The number of halogens is 3. The van der Waals surface area contributed by atoms with Crippen molar-refractivity contribution in [2.75, 3.05) is 13.1 Å². The molecule has 0 aromatic heterocycles. The molecule has 1 aliphatic carbocycles. The van der Waals surface area contributed by atoms with E-state index in [1.54, 1.807) is 5.32 Å². The van der Waals surface area contributed by atoms with E-state index in [-0.39, 0.29) is 0 Å². The molecular weight excluding hydrogens is 197 g/mol. The van der Waals surface area contributed by atoms with E-state index in [1.807, 2.05) is 0 Å². The van der Waals surface area contributed by atoms with Gasteiger partial charge in [-0.3, -0.25) is 0 Å². The van der Waals surface area contributed by atoms with Crippen molar-refractivity contribution in [1.29, 1.82) is 0 Å². The van der Waals surface area contributed by atoms with Gasteiger partial charge in [0.05, 0.1) is 0 Å². The number of rotatable bonds is 3. The van der Waals surface area contributed by atoms with Crippen molar-refractivity contribution < 1.29 is 18.0 Å².